The van der Waals surface area contributed by atoms with E-state index in [-0.39, 0.29) is 37.8 Å². The molecule has 0 spiro atoms. The van der Waals surface area contributed by atoms with Crippen molar-refractivity contribution in [3.05, 3.63) is 68.4 Å². The van der Waals surface area contributed by atoms with E-state index >= 15 is 0 Å². The maximum Gasteiger partial charge on any atom is 0.267 e. The molecule has 1 saturated carbocycles. The van der Waals surface area contributed by atoms with Crippen molar-refractivity contribution >= 4 is 39.1 Å². The molecule has 6 nitrogen and oxygen atoms in total. The van der Waals surface area contributed by atoms with E-state index in [9.17, 15) is 22.0 Å². The summed E-state index contributed by atoms with van der Waals surface area (Å²) in [6.45, 7) is 0.727. The third-order valence-electron chi connectivity index (χ3n) is 5.73. The molecule has 2 aromatic carbocycles. The zero-order valence-corrected chi connectivity index (χ0v) is 20.7. The van der Waals surface area contributed by atoms with E-state index in [0.29, 0.717) is 22.2 Å². The Balaban J connectivity index is 1.35. The number of benzene rings is 2. The number of nitrogens with zero attached hydrogens (tertiary/aromatic N) is 1. The lowest BCUT2D eigenvalue weighted by molar-refractivity contribution is -0.0937. The van der Waals surface area contributed by atoms with Gasteiger partial charge in [-0.3, -0.25) is 9.69 Å². The third kappa shape index (κ3) is 6.46. The van der Waals surface area contributed by atoms with Gasteiger partial charge in [0.15, 0.2) is 5.67 Å². The average Bonchev–Trinajstić information content (AvgIpc) is 3.49. The van der Waals surface area contributed by atoms with Gasteiger partial charge in [-0.2, -0.15) is 0 Å². The first-order valence-corrected chi connectivity index (χ1v) is 13.3. The van der Waals surface area contributed by atoms with Crippen molar-refractivity contribution in [1.82, 2.24) is 9.62 Å². The van der Waals surface area contributed by atoms with Crippen molar-refractivity contribution < 1.29 is 26.7 Å². The van der Waals surface area contributed by atoms with Crippen LogP contribution in [0.3, 0.4) is 0 Å². The summed E-state index contributed by atoms with van der Waals surface area (Å²) >= 11 is 12.0. The van der Waals surface area contributed by atoms with Gasteiger partial charge in [0.1, 0.15) is 5.82 Å². The first kappa shape index (κ1) is 25.3. The van der Waals surface area contributed by atoms with Gasteiger partial charge in [0, 0.05) is 29.7 Å². The molecule has 1 heterocycles. The summed E-state index contributed by atoms with van der Waals surface area (Å²) in [6, 6.07) is 7.76. The standard InChI is InChI=1S/C23H24Cl2F2N2O4S/c1-34(31,32)28-22(30)20-8-19(15-2-3-15)16(6-21(20)26)10-33-13-23(27)11-29(12-23)9-14-4-17(24)7-18(25)5-14/h4-8,15H,2-3,9-13H2,1H3,(H,28,30). The number of amides is 1. The van der Waals surface area contributed by atoms with Crippen LogP contribution in [0.15, 0.2) is 30.3 Å². The zero-order chi connectivity index (χ0) is 24.7. The second kappa shape index (κ2) is 9.70. The van der Waals surface area contributed by atoms with Crippen LogP contribution in [0, 0.1) is 5.82 Å². The van der Waals surface area contributed by atoms with Crippen LogP contribution in [0.25, 0.3) is 0 Å². The maximum atomic E-state index is 15.0. The predicted molar refractivity (Wildman–Crippen MR) is 126 cm³/mol. The normalized spacial score (nSPS) is 17.9. The minimum atomic E-state index is -3.82. The van der Waals surface area contributed by atoms with E-state index in [1.165, 1.54) is 12.1 Å². The van der Waals surface area contributed by atoms with Crippen LogP contribution >= 0.6 is 23.2 Å². The highest BCUT2D eigenvalue weighted by atomic mass is 35.5. The molecule has 0 bridgehead atoms. The van der Waals surface area contributed by atoms with Gasteiger partial charge in [0.25, 0.3) is 5.91 Å². The van der Waals surface area contributed by atoms with Gasteiger partial charge in [-0.05, 0) is 65.8 Å². The molecular formula is C23H24Cl2F2N2O4S. The predicted octanol–water partition coefficient (Wildman–Crippen LogP) is 4.44. The summed E-state index contributed by atoms with van der Waals surface area (Å²) in [4.78, 5) is 14.1. The number of rotatable bonds is 9. The molecule has 1 saturated heterocycles. The van der Waals surface area contributed by atoms with Gasteiger partial charge in [-0.1, -0.05) is 23.2 Å². The molecule has 4 rings (SSSR count). The topological polar surface area (TPSA) is 75.7 Å². The third-order valence-corrected chi connectivity index (χ3v) is 6.72. The van der Waals surface area contributed by atoms with Crippen LogP contribution in [-0.4, -0.2) is 50.8 Å². The Morgan fingerprint density at radius 1 is 1.18 bits per heavy atom. The van der Waals surface area contributed by atoms with E-state index in [1.54, 1.807) is 22.9 Å². The summed E-state index contributed by atoms with van der Waals surface area (Å²) in [6.07, 6.45) is 2.58. The lowest BCUT2D eigenvalue weighted by Crippen LogP contribution is -2.60. The highest BCUT2D eigenvalue weighted by molar-refractivity contribution is 7.89. The number of ether oxygens (including phenoxy) is 1. The average molecular weight is 533 g/mol. The van der Waals surface area contributed by atoms with Gasteiger partial charge in [0.2, 0.25) is 10.0 Å². The fourth-order valence-electron chi connectivity index (χ4n) is 4.19. The van der Waals surface area contributed by atoms with E-state index < -0.39 is 27.4 Å². The van der Waals surface area contributed by atoms with Crippen LogP contribution in [0.1, 0.15) is 45.8 Å². The fourth-order valence-corrected chi connectivity index (χ4v) is 5.21. The Bertz CT molecular complexity index is 1200. The number of carbonyl (C=O) groups excluding carboxylic acids is 1. The highest BCUT2D eigenvalue weighted by Gasteiger charge is 2.43. The number of sulfonamides is 1. The number of halogens is 4. The molecule has 0 unspecified atom stereocenters. The molecule has 1 N–H and O–H groups in total. The summed E-state index contributed by atoms with van der Waals surface area (Å²) in [5.74, 6) is -1.73. The first-order chi connectivity index (χ1) is 15.9. The monoisotopic (exact) mass is 532 g/mol. The lowest BCUT2D eigenvalue weighted by Gasteiger charge is -2.44. The quantitative estimate of drug-likeness (QED) is 0.516. The Kier molecular flexibility index (Phi) is 7.22. The number of likely N-dealkylation sites (tertiary alicyclic amines) is 1. The second-order valence-electron chi connectivity index (χ2n) is 9.08. The second-order valence-corrected chi connectivity index (χ2v) is 11.7. The maximum absolute atomic E-state index is 15.0. The van der Waals surface area contributed by atoms with Crippen molar-refractivity contribution in [2.45, 2.75) is 37.6 Å². The fraction of sp³-hybridized carbons (Fsp3) is 0.435. The van der Waals surface area contributed by atoms with E-state index in [1.807, 2.05) is 4.90 Å². The Morgan fingerprint density at radius 3 is 2.41 bits per heavy atom. The van der Waals surface area contributed by atoms with E-state index in [2.05, 4.69) is 0 Å². The Labute approximate surface area is 207 Å². The molecule has 184 valence electrons. The summed E-state index contributed by atoms with van der Waals surface area (Å²) in [7, 11) is -3.82. The number of carbonyl (C=O) groups is 1. The van der Waals surface area contributed by atoms with Gasteiger partial charge in [0.05, 0.1) is 25.0 Å². The molecule has 1 aliphatic heterocycles. The van der Waals surface area contributed by atoms with Crippen LogP contribution in [-0.2, 0) is 27.9 Å². The first-order valence-electron chi connectivity index (χ1n) is 10.7. The number of nitrogens with one attached hydrogen (secondary N) is 1. The summed E-state index contributed by atoms with van der Waals surface area (Å²) < 4.78 is 59.6. The van der Waals surface area contributed by atoms with E-state index in [4.69, 9.17) is 27.9 Å². The van der Waals surface area contributed by atoms with E-state index in [0.717, 1.165) is 30.2 Å². The number of hydrogen-bond acceptors (Lipinski definition) is 5. The summed E-state index contributed by atoms with van der Waals surface area (Å²) in [5.41, 5.74) is 0.291. The number of alkyl halides is 1. The van der Waals surface area contributed by atoms with Crippen molar-refractivity contribution in [1.29, 1.82) is 0 Å². The molecule has 0 aromatic heterocycles. The largest absolute Gasteiger partial charge is 0.373 e. The molecular weight excluding hydrogens is 509 g/mol. The smallest absolute Gasteiger partial charge is 0.267 e. The molecule has 11 heteroatoms. The minimum Gasteiger partial charge on any atom is -0.373 e. The van der Waals surface area contributed by atoms with Gasteiger partial charge in [-0.15, -0.1) is 0 Å². The van der Waals surface area contributed by atoms with Crippen molar-refractivity contribution in [3.63, 3.8) is 0 Å². The Morgan fingerprint density at radius 2 is 1.82 bits per heavy atom. The molecule has 2 aromatic rings. The van der Waals surface area contributed by atoms with Gasteiger partial charge in [-0.25, -0.2) is 21.9 Å². The molecule has 1 aliphatic carbocycles. The van der Waals surface area contributed by atoms with Crippen molar-refractivity contribution in [2.24, 2.45) is 0 Å². The minimum absolute atomic E-state index is 0.00764. The SMILES string of the molecule is CS(=O)(=O)NC(=O)c1cc(C2CC2)c(COCC2(F)CN(Cc3cc(Cl)cc(Cl)c3)C2)cc1F. The molecule has 0 atom stereocenters. The lowest BCUT2D eigenvalue weighted by atomic mass is 9.96. The molecule has 34 heavy (non-hydrogen) atoms. The van der Waals surface area contributed by atoms with Crippen molar-refractivity contribution in [2.75, 3.05) is 26.0 Å². The zero-order valence-electron chi connectivity index (χ0n) is 18.4. The van der Waals surface area contributed by atoms with Crippen LogP contribution in [0.5, 0.6) is 0 Å². The van der Waals surface area contributed by atoms with Gasteiger partial charge < -0.3 is 4.74 Å². The molecule has 1 amide bonds. The summed E-state index contributed by atoms with van der Waals surface area (Å²) in [5, 5.41) is 1.05. The van der Waals surface area contributed by atoms with Gasteiger partial charge >= 0.3 is 0 Å². The number of hydrogen-bond donors (Lipinski definition) is 1. The van der Waals surface area contributed by atoms with Crippen molar-refractivity contribution in [3.8, 4) is 0 Å². The van der Waals surface area contributed by atoms with Crippen LogP contribution < -0.4 is 4.72 Å². The van der Waals surface area contributed by atoms with Crippen LogP contribution in [0.2, 0.25) is 10.0 Å². The Hall–Kier alpha value is -1.78. The molecule has 2 fully saturated rings. The molecule has 2 aliphatic rings. The highest BCUT2D eigenvalue weighted by Crippen LogP contribution is 2.42. The van der Waals surface area contributed by atoms with Crippen LogP contribution in [0.4, 0.5) is 8.78 Å². The molecule has 0 radical (unpaired) electrons.